The summed E-state index contributed by atoms with van der Waals surface area (Å²) in [5.74, 6) is 0.836. The highest BCUT2D eigenvalue weighted by Crippen LogP contribution is 2.46. The number of likely N-dealkylation sites (tertiary alicyclic amines) is 1. The van der Waals surface area contributed by atoms with Crippen LogP contribution in [0.5, 0.6) is 0 Å². The van der Waals surface area contributed by atoms with Gasteiger partial charge < -0.3 is 10.2 Å². The summed E-state index contributed by atoms with van der Waals surface area (Å²) in [5, 5.41) is 4.08. The maximum Gasteiger partial charge on any atom is 0.228 e. The number of pyridine rings is 1. The molecule has 1 aromatic heterocycles. The Morgan fingerprint density at radius 2 is 2.07 bits per heavy atom. The summed E-state index contributed by atoms with van der Waals surface area (Å²) in [6.07, 6.45) is 5.22. The van der Waals surface area contributed by atoms with Gasteiger partial charge in [0.1, 0.15) is 5.15 Å². The smallest absolute Gasteiger partial charge is 0.228 e. The molecular weight excluding hydrogens is 394 g/mol. The number of halogens is 1. The molecule has 1 N–H and O–H groups in total. The third kappa shape index (κ3) is 3.34. The van der Waals surface area contributed by atoms with E-state index in [2.05, 4.69) is 47.5 Å². The second-order valence-electron chi connectivity index (χ2n) is 9.42. The summed E-state index contributed by atoms with van der Waals surface area (Å²) in [6, 6.07) is 14.7. The molecule has 2 aliphatic heterocycles. The zero-order chi connectivity index (χ0) is 20.7. The number of amides is 1. The maximum atomic E-state index is 14.1. The first-order chi connectivity index (χ1) is 14.6. The fourth-order valence-electron chi connectivity index (χ4n) is 6.00. The number of carbonyl (C=O) groups excluding carboxylic acids is 1. The Hall–Kier alpha value is -1.91. The zero-order valence-corrected chi connectivity index (χ0v) is 18.4. The van der Waals surface area contributed by atoms with Crippen molar-refractivity contribution in [2.45, 2.75) is 50.5 Å². The first kappa shape index (κ1) is 20.0. The predicted octanol–water partition coefficient (Wildman–Crippen LogP) is 4.53. The van der Waals surface area contributed by atoms with Gasteiger partial charge in [-0.15, -0.1) is 0 Å². The van der Waals surface area contributed by atoms with Crippen molar-refractivity contribution in [2.24, 2.45) is 11.8 Å². The topological polar surface area (TPSA) is 45.2 Å². The molecule has 2 saturated heterocycles. The van der Waals surface area contributed by atoms with E-state index in [1.54, 1.807) is 0 Å². The van der Waals surface area contributed by atoms with E-state index in [9.17, 15) is 4.79 Å². The number of aromatic nitrogens is 1. The maximum absolute atomic E-state index is 14.1. The van der Waals surface area contributed by atoms with Gasteiger partial charge in [0.15, 0.2) is 0 Å². The van der Waals surface area contributed by atoms with Crippen LogP contribution in [0.15, 0.2) is 42.5 Å². The molecule has 1 aromatic carbocycles. The Kier molecular flexibility index (Phi) is 5.32. The first-order valence-electron chi connectivity index (χ1n) is 11.3. The van der Waals surface area contributed by atoms with Crippen LogP contribution in [-0.4, -0.2) is 35.4 Å². The average Bonchev–Trinajstić information content (AvgIpc) is 3.18. The fourth-order valence-corrected chi connectivity index (χ4v) is 6.15. The van der Waals surface area contributed by atoms with Gasteiger partial charge in [0.05, 0.1) is 17.7 Å². The van der Waals surface area contributed by atoms with Crippen LogP contribution in [-0.2, 0) is 16.6 Å². The molecule has 158 valence electrons. The van der Waals surface area contributed by atoms with E-state index in [1.807, 2.05) is 12.1 Å². The fraction of sp³-hybridized carbons (Fsp3) is 0.520. The lowest BCUT2D eigenvalue weighted by molar-refractivity contribution is -0.141. The highest BCUT2D eigenvalue weighted by Gasteiger charge is 2.52. The van der Waals surface area contributed by atoms with Crippen LogP contribution in [0.2, 0.25) is 5.15 Å². The number of hydrogen-bond donors (Lipinski definition) is 1. The summed E-state index contributed by atoms with van der Waals surface area (Å²) in [5.41, 5.74) is 3.34. The number of fused-ring (bicyclic) bond motifs is 2. The van der Waals surface area contributed by atoms with Crippen molar-refractivity contribution in [3.05, 3.63) is 64.4 Å². The summed E-state index contributed by atoms with van der Waals surface area (Å²) < 4.78 is 0. The van der Waals surface area contributed by atoms with Gasteiger partial charge in [-0.1, -0.05) is 54.9 Å². The molecule has 2 fully saturated rings. The minimum atomic E-state index is -0.236. The molecule has 3 heterocycles. The van der Waals surface area contributed by atoms with E-state index in [0.717, 1.165) is 57.4 Å². The molecule has 1 amide bonds. The van der Waals surface area contributed by atoms with Crippen molar-refractivity contribution in [1.82, 2.24) is 15.2 Å². The van der Waals surface area contributed by atoms with E-state index in [1.165, 1.54) is 11.1 Å². The SMILES string of the molecule is C[C@@H]1CCN(C(=O)C2CNC[C@]23CCCc2ccc(Cl)nc23)[C@H](c2ccccc2)C1. The van der Waals surface area contributed by atoms with Gasteiger partial charge in [0.25, 0.3) is 0 Å². The van der Waals surface area contributed by atoms with Gasteiger partial charge in [-0.25, -0.2) is 4.98 Å². The Labute approximate surface area is 184 Å². The number of nitrogens with zero attached hydrogens (tertiary/aromatic N) is 2. The van der Waals surface area contributed by atoms with Crippen LogP contribution in [0, 0.1) is 11.8 Å². The number of benzene rings is 1. The summed E-state index contributed by atoms with van der Waals surface area (Å²) in [4.78, 5) is 21.0. The highest BCUT2D eigenvalue weighted by atomic mass is 35.5. The van der Waals surface area contributed by atoms with Gasteiger partial charge in [0, 0.05) is 25.0 Å². The molecule has 4 atom stereocenters. The van der Waals surface area contributed by atoms with Crippen molar-refractivity contribution < 1.29 is 4.79 Å². The van der Waals surface area contributed by atoms with Crippen LogP contribution in [0.3, 0.4) is 0 Å². The third-order valence-corrected chi connectivity index (χ3v) is 7.78. The number of carbonyl (C=O) groups is 1. The third-order valence-electron chi connectivity index (χ3n) is 7.57. The highest BCUT2D eigenvalue weighted by molar-refractivity contribution is 6.29. The lowest BCUT2D eigenvalue weighted by Crippen LogP contribution is -2.50. The molecule has 1 aliphatic carbocycles. The largest absolute Gasteiger partial charge is 0.335 e. The van der Waals surface area contributed by atoms with Gasteiger partial charge in [-0.05, 0) is 55.2 Å². The molecule has 5 heteroatoms. The quantitative estimate of drug-likeness (QED) is 0.722. The average molecular weight is 424 g/mol. The van der Waals surface area contributed by atoms with E-state index < -0.39 is 0 Å². The monoisotopic (exact) mass is 423 g/mol. The summed E-state index contributed by atoms with van der Waals surface area (Å²) in [6.45, 7) is 4.67. The number of nitrogens with one attached hydrogen (secondary N) is 1. The van der Waals surface area contributed by atoms with Gasteiger partial charge in [-0.3, -0.25) is 4.79 Å². The van der Waals surface area contributed by atoms with Gasteiger partial charge >= 0.3 is 0 Å². The summed E-state index contributed by atoms with van der Waals surface area (Å²) >= 11 is 6.31. The van der Waals surface area contributed by atoms with Crippen LogP contribution < -0.4 is 5.32 Å². The van der Waals surface area contributed by atoms with E-state index in [0.29, 0.717) is 11.1 Å². The number of hydrogen-bond acceptors (Lipinski definition) is 3. The predicted molar refractivity (Wildman–Crippen MR) is 120 cm³/mol. The lowest BCUT2D eigenvalue weighted by Gasteiger charge is -2.44. The van der Waals surface area contributed by atoms with Crippen molar-refractivity contribution in [3.8, 4) is 0 Å². The van der Waals surface area contributed by atoms with Crippen molar-refractivity contribution in [2.75, 3.05) is 19.6 Å². The molecule has 5 rings (SSSR count). The van der Waals surface area contributed by atoms with E-state index in [-0.39, 0.29) is 23.3 Å². The lowest BCUT2D eigenvalue weighted by atomic mass is 9.66. The molecule has 2 aromatic rings. The second-order valence-corrected chi connectivity index (χ2v) is 9.81. The van der Waals surface area contributed by atoms with Crippen LogP contribution in [0.25, 0.3) is 0 Å². The van der Waals surface area contributed by atoms with Gasteiger partial charge in [0.2, 0.25) is 5.91 Å². The van der Waals surface area contributed by atoms with Crippen molar-refractivity contribution >= 4 is 17.5 Å². The van der Waals surface area contributed by atoms with Crippen LogP contribution in [0.1, 0.15) is 55.5 Å². The Bertz CT molecular complexity index is 933. The zero-order valence-electron chi connectivity index (χ0n) is 17.6. The Balaban J connectivity index is 1.51. The van der Waals surface area contributed by atoms with E-state index >= 15 is 0 Å². The second kappa shape index (κ2) is 7.97. The van der Waals surface area contributed by atoms with Crippen molar-refractivity contribution in [3.63, 3.8) is 0 Å². The number of aryl methyl sites for hydroxylation is 1. The normalized spacial score (nSPS) is 31.0. The molecule has 0 bridgehead atoms. The Morgan fingerprint density at radius 1 is 1.23 bits per heavy atom. The minimum Gasteiger partial charge on any atom is -0.335 e. The molecule has 0 saturated carbocycles. The van der Waals surface area contributed by atoms with Crippen LogP contribution >= 0.6 is 11.6 Å². The Morgan fingerprint density at radius 3 is 2.90 bits per heavy atom. The summed E-state index contributed by atoms with van der Waals surface area (Å²) in [7, 11) is 0. The minimum absolute atomic E-state index is 0.0814. The van der Waals surface area contributed by atoms with Crippen molar-refractivity contribution in [1.29, 1.82) is 0 Å². The van der Waals surface area contributed by atoms with E-state index in [4.69, 9.17) is 16.6 Å². The molecule has 0 radical (unpaired) electrons. The van der Waals surface area contributed by atoms with Crippen LogP contribution in [0.4, 0.5) is 0 Å². The molecule has 4 nitrogen and oxygen atoms in total. The number of rotatable bonds is 2. The van der Waals surface area contributed by atoms with Gasteiger partial charge in [-0.2, -0.15) is 0 Å². The molecule has 30 heavy (non-hydrogen) atoms. The number of piperidine rings is 1. The molecule has 1 spiro atoms. The standard InChI is InChI=1S/C25H30ClN3O/c1-17-11-13-29(21(14-17)18-6-3-2-4-7-18)24(30)20-15-27-16-25(20)12-5-8-19-9-10-22(26)28-23(19)25/h2-4,6-7,9-10,17,20-21,27H,5,8,11-16H2,1H3/t17-,20?,21+,25-/m1/s1. The first-order valence-corrected chi connectivity index (χ1v) is 11.7. The molecule has 1 unspecified atom stereocenters. The molecular formula is C25H30ClN3O. The molecule has 3 aliphatic rings.